The van der Waals surface area contributed by atoms with Crippen LogP contribution in [0, 0.1) is 0 Å². The SMILES string of the molecule is Br.Brc1ccc(-c2csc(=NCc3ccccc3)n2-c2ccccc2)cc1. The van der Waals surface area contributed by atoms with Crippen LogP contribution in [0.4, 0.5) is 0 Å². The molecule has 0 aliphatic rings. The molecule has 4 aromatic rings. The van der Waals surface area contributed by atoms with Crippen molar-refractivity contribution in [2.45, 2.75) is 6.54 Å². The van der Waals surface area contributed by atoms with Crippen LogP contribution in [0.5, 0.6) is 0 Å². The monoisotopic (exact) mass is 500 g/mol. The Kier molecular flexibility index (Phi) is 6.83. The Morgan fingerprint density at radius 1 is 0.815 bits per heavy atom. The minimum Gasteiger partial charge on any atom is -0.285 e. The molecule has 4 rings (SSSR count). The van der Waals surface area contributed by atoms with Gasteiger partial charge in [0.25, 0.3) is 0 Å². The molecule has 2 nitrogen and oxygen atoms in total. The maximum Gasteiger partial charge on any atom is 0.190 e. The number of rotatable bonds is 4. The fraction of sp³-hybridized carbons (Fsp3) is 0.0455. The number of hydrogen-bond donors (Lipinski definition) is 0. The smallest absolute Gasteiger partial charge is 0.190 e. The van der Waals surface area contributed by atoms with Crippen LogP contribution in [0.3, 0.4) is 0 Å². The standard InChI is InChI=1S/C22H17BrN2S.BrH/c23-19-13-11-18(12-14-19)21-16-26-22(24-15-17-7-3-1-4-8-17)25(21)20-9-5-2-6-10-20;/h1-14,16H,15H2;1H. The molecule has 0 N–H and O–H groups in total. The third kappa shape index (κ3) is 4.67. The van der Waals surface area contributed by atoms with Crippen LogP contribution in [0.25, 0.3) is 16.9 Å². The highest BCUT2D eigenvalue weighted by molar-refractivity contribution is 9.10. The number of benzene rings is 3. The van der Waals surface area contributed by atoms with E-state index in [0.29, 0.717) is 6.54 Å². The molecule has 0 saturated carbocycles. The summed E-state index contributed by atoms with van der Waals surface area (Å²) in [6.07, 6.45) is 0. The van der Waals surface area contributed by atoms with E-state index in [0.717, 1.165) is 20.7 Å². The first-order chi connectivity index (χ1) is 12.8. The topological polar surface area (TPSA) is 17.3 Å². The second kappa shape index (κ2) is 9.31. The van der Waals surface area contributed by atoms with Crippen molar-refractivity contribution in [3.8, 4) is 16.9 Å². The number of nitrogens with zero attached hydrogens (tertiary/aromatic N) is 2. The first kappa shape index (κ1) is 19.8. The number of thiazole rings is 1. The van der Waals surface area contributed by atoms with E-state index in [-0.39, 0.29) is 17.0 Å². The van der Waals surface area contributed by atoms with Gasteiger partial charge >= 0.3 is 0 Å². The Bertz CT molecular complexity index is 1050. The minimum atomic E-state index is 0. The number of para-hydroxylation sites is 1. The molecule has 0 radical (unpaired) electrons. The molecule has 1 heterocycles. The molecule has 0 spiro atoms. The van der Waals surface area contributed by atoms with Crippen LogP contribution in [-0.4, -0.2) is 4.57 Å². The molecule has 0 saturated heterocycles. The van der Waals surface area contributed by atoms with Gasteiger partial charge in [-0.15, -0.1) is 28.3 Å². The molecule has 0 atom stereocenters. The van der Waals surface area contributed by atoms with Crippen molar-refractivity contribution >= 4 is 44.2 Å². The van der Waals surface area contributed by atoms with Crippen LogP contribution in [0.15, 0.2) is 99.8 Å². The van der Waals surface area contributed by atoms with Gasteiger partial charge in [0.05, 0.1) is 12.2 Å². The molecule has 1 aromatic heterocycles. The van der Waals surface area contributed by atoms with Gasteiger partial charge in [-0.05, 0) is 35.4 Å². The fourth-order valence-electron chi connectivity index (χ4n) is 2.81. The normalized spacial score (nSPS) is 11.2. The van der Waals surface area contributed by atoms with E-state index in [1.807, 2.05) is 12.1 Å². The number of halogens is 2. The van der Waals surface area contributed by atoms with Gasteiger partial charge in [0.2, 0.25) is 0 Å². The van der Waals surface area contributed by atoms with Crippen molar-refractivity contribution in [2.75, 3.05) is 0 Å². The summed E-state index contributed by atoms with van der Waals surface area (Å²) in [5, 5.41) is 2.18. The van der Waals surface area contributed by atoms with E-state index in [1.54, 1.807) is 11.3 Å². The van der Waals surface area contributed by atoms with Gasteiger partial charge in [0.15, 0.2) is 4.80 Å². The Morgan fingerprint density at radius 2 is 1.44 bits per heavy atom. The Morgan fingerprint density at radius 3 is 2.11 bits per heavy atom. The van der Waals surface area contributed by atoms with E-state index < -0.39 is 0 Å². The summed E-state index contributed by atoms with van der Waals surface area (Å²) in [6.45, 7) is 0.675. The highest BCUT2D eigenvalue weighted by atomic mass is 79.9. The zero-order valence-electron chi connectivity index (χ0n) is 14.5. The van der Waals surface area contributed by atoms with E-state index in [9.17, 15) is 0 Å². The average molecular weight is 502 g/mol. The lowest BCUT2D eigenvalue weighted by molar-refractivity contribution is 0.928. The maximum absolute atomic E-state index is 4.89. The zero-order valence-corrected chi connectivity index (χ0v) is 18.6. The molecule has 0 fully saturated rings. The van der Waals surface area contributed by atoms with Crippen molar-refractivity contribution in [3.05, 3.63) is 105 Å². The molecule has 0 unspecified atom stereocenters. The number of hydrogen-bond acceptors (Lipinski definition) is 2. The highest BCUT2D eigenvalue weighted by Crippen LogP contribution is 2.25. The van der Waals surface area contributed by atoms with Crippen molar-refractivity contribution < 1.29 is 0 Å². The van der Waals surface area contributed by atoms with E-state index >= 15 is 0 Å². The zero-order chi connectivity index (χ0) is 17.8. The Labute approximate surface area is 181 Å². The molecule has 0 amide bonds. The molecule has 136 valence electrons. The minimum absolute atomic E-state index is 0. The molecular formula is C22H18Br2N2S. The van der Waals surface area contributed by atoms with Crippen molar-refractivity contribution in [2.24, 2.45) is 4.99 Å². The lowest BCUT2D eigenvalue weighted by Gasteiger charge is -2.09. The Hall–Kier alpha value is -1.95. The Balaban J connectivity index is 0.00000210. The highest BCUT2D eigenvalue weighted by Gasteiger charge is 2.09. The summed E-state index contributed by atoms with van der Waals surface area (Å²) >= 11 is 5.19. The molecule has 0 bridgehead atoms. The van der Waals surface area contributed by atoms with E-state index in [2.05, 4.69) is 98.7 Å². The number of aromatic nitrogens is 1. The molecule has 5 heteroatoms. The van der Waals surface area contributed by atoms with Crippen LogP contribution in [0.2, 0.25) is 0 Å². The largest absolute Gasteiger partial charge is 0.285 e. The van der Waals surface area contributed by atoms with Crippen molar-refractivity contribution in [1.29, 1.82) is 0 Å². The second-order valence-corrected chi connectivity index (χ2v) is 7.64. The summed E-state index contributed by atoms with van der Waals surface area (Å²) in [6, 6.07) is 29.2. The third-order valence-electron chi connectivity index (χ3n) is 4.10. The fourth-order valence-corrected chi connectivity index (χ4v) is 3.98. The molecular weight excluding hydrogens is 484 g/mol. The molecule has 0 aliphatic carbocycles. The van der Waals surface area contributed by atoms with Gasteiger partial charge in [-0.3, -0.25) is 9.56 Å². The van der Waals surface area contributed by atoms with Crippen LogP contribution < -0.4 is 4.80 Å². The predicted octanol–water partition coefficient (Wildman–Crippen LogP) is 6.65. The van der Waals surface area contributed by atoms with E-state index in [4.69, 9.17) is 4.99 Å². The lowest BCUT2D eigenvalue weighted by atomic mass is 10.1. The summed E-state index contributed by atoms with van der Waals surface area (Å²) in [5.41, 5.74) is 4.67. The average Bonchev–Trinajstić information content (AvgIpc) is 3.12. The van der Waals surface area contributed by atoms with Crippen molar-refractivity contribution in [1.82, 2.24) is 4.57 Å². The van der Waals surface area contributed by atoms with Gasteiger partial charge in [-0.2, -0.15) is 0 Å². The first-order valence-corrected chi connectivity index (χ1v) is 10.0. The van der Waals surface area contributed by atoms with Gasteiger partial charge in [-0.25, -0.2) is 0 Å². The predicted molar refractivity (Wildman–Crippen MR) is 123 cm³/mol. The van der Waals surface area contributed by atoms with Crippen LogP contribution in [0.1, 0.15) is 5.56 Å². The molecule has 3 aromatic carbocycles. The molecule has 0 aliphatic heterocycles. The van der Waals surface area contributed by atoms with Crippen molar-refractivity contribution in [3.63, 3.8) is 0 Å². The van der Waals surface area contributed by atoms with E-state index in [1.165, 1.54) is 11.1 Å². The lowest BCUT2D eigenvalue weighted by Crippen LogP contribution is -2.14. The summed E-state index contributed by atoms with van der Waals surface area (Å²) in [4.78, 5) is 5.89. The third-order valence-corrected chi connectivity index (χ3v) is 5.49. The summed E-state index contributed by atoms with van der Waals surface area (Å²) < 4.78 is 3.31. The molecule has 27 heavy (non-hydrogen) atoms. The first-order valence-electron chi connectivity index (χ1n) is 8.37. The van der Waals surface area contributed by atoms with Gasteiger partial charge in [-0.1, -0.05) is 76.6 Å². The second-order valence-electron chi connectivity index (χ2n) is 5.88. The quantitative estimate of drug-likeness (QED) is 0.298. The maximum atomic E-state index is 4.89. The van der Waals surface area contributed by atoms with Gasteiger partial charge in [0.1, 0.15) is 0 Å². The van der Waals surface area contributed by atoms with Gasteiger partial charge < -0.3 is 0 Å². The summed E-state index contributed by atoms with van der Waals surface area (Å²) in [5.74, 6) is 0. The summed E-state index contributed by atoms with van der Waals surface area (Å²) in [7, 11) is 0. The van der Waals surface area contributed by atoms with Gasteiger partial charge in [0, 0.05) is 15.5 Å². The van der Waals surface area contributed by atoms with Crippen LogP contribution in [-0.2, 0) is 6.54 Å². The van der Waals surface area contributed by atoms with Crippen LogP contribution >= 0.6 is 44.2 Å².